The van der Waals surface area contributed by atoms with Crippen LogP contribution in [0.4, 0.5) is 10.1 Å². The molecule has 2 aromatic rings. The topological polar surface area (TPSA) is 76.1 Å². The van der Waals surface area contributed by atoms with Crippen molar-refractivity contribution in [1.29, 1.82) is 0 Å². The van der Waals surface area contributed by atoms with Crippen LogP contribution in [0, 0.1) is 5.82 Å². The molecule has 0 radical (unpaired) electrons. The van der Waals surface area contributed by atoms with Gasteiger partial charge in [0.2, 0.25) is 0 Å². The summed E-state index contributed by atoms with van der Waals surface area (Å²) >= 11 is 12.3. The Morgan fingerprint density at radius 1 is 1.28 bits per heavy atom. The first kappa shape index (κ1) is 24.0. The van der Waals surface area contributed by atoms with Gasteiger partial charge in [-0.15, -0.1) is 0 Å². The average Bonchev–Trinajstić information content (AvgIpc) is 3.02. The number of amides is 1. The van der Waals surface area contributed by atoms with Crippen LogP contribution in [0.1, 0.15) is 25.8 Å². The molecule has 0 spiro atoms. The number of aliphatic carboxylic acids is 1. The largest absolute Gasteiger partial charge is 0.490 e. The minimum Gasteiger partial charge on any atom is -0.490 e. The van der Waals surface area contributed by atoms with E-state index in [9.17, 15) is 19.1 Å². The molecule has 1 heterocycles. The Hall–Kier alpha value is -2.62. The van der Waals surface area contributed by atoms with E-state index in [1.807, 2.05) is 0 Å². The maximum atomic E-state index is 13.5. The SMILES string of the molecule is CCOc1cc(/C=C2/SC(=S)N(c3ccc(F)c(Cl)c3)C2=O)ccc1OC(CC)C(=O)O. The molecule has 0 bridgehead atoms. The van der Waals surface area contributed by atoms with E-state index >= 15 is 0 Å². The van der Waals surface area contributed by atoms with Crippen molar-refractivity contribution in [1.82, 2.24) is 0 Å². The van der Waals surface area contributed by atoms with Crippen LogP contribution >= 0.6 is 35.6 Å². The number of hydrogen-bond acceptors (Lipinski definition) is 6. The van der Waals surface area contributed by atoms with Crippen molar-refractivity contribution < 1.29 is 28.6 Å². The van der Waals surface area contributed by atoms with Gasteiger partial charge in [-0.05, 0) is 55.3 Å². The highest BCUT2D eigenvalue weighted by atomic mass is 35.5. The molecule has 1 N–H and O–H groups in total. The van der Waals surface area contributed by atoms with Crippen LogP contribution in [0.25, 0.3) is 6.08 Å². The van der Waals surface area contributed by atoms with Gasteiger partial charge in [0.05, 0.1) is 22.2 Å². The van der Waals surface area contributed by atoms with E-state index in [2.05, 4.69) is 0 Å². The minimum atomic E-state index is -1.07. The summed E-state index contributed by atoms with van der Waals surface area (Å²) in [5.74, 6) is -1.36. The van der Waals surface area contributed by atoms with E-state index in [1.54, 1.807) is 38.1 Å². The summed E-state index contributed by atoms with van der Waals surface area (Å²) in [4.78, 5) is 25.9. The molecule has 1 amide bonds. The molecule has 32 heavy (non-hydrogen) atoms. The number of hydrogen-bond donors (Lipinski definition) is 1. The highest BCUT2D eigenvalue weighted by Crippen LogP contribution is 2.38. The van der Waals surface area contributed by atoms with Gasteiger partial charge in [0.15, 0.2) is 21.9 Å². The van der Waals surface area contributed by atoms with Crippen molar-refractivity contribution >= 4 is 63.5 Å². The van der Waals surface area contributed by atoms with Crippen LogP contribution in [0.15, 0.2) is 41.3 Å². The molecular formula is C22H19ClFNO5S2. The lowest BCUT2D eigenvalue weighted by Crippen LogP contribution is -2.27. The lowest BCUT2D eigenvalue weighted by Gasteiger charge is -2.17. The number of carbonyl (C=O) groups is 2. The molecule has 1 fully saturated rings. The Labute approximate surface area is 198 Å². The van der Waals surface area contributed by atoms with Gasteiger partial charge in [-0.1, -0.05) is 48.6 Å². The Morgan fingerprint density at radius 3 is 2.66 bits per heavy atom. The molecule has 1 unspecified atom stereocenters. The molecule has 1 aliphatic rings. The molecule has 0 aliphatic carbocycles. The second-order valence-corrected chi connectivity index (χ2v) is 8.69. The number of thioether (sulfide) groups is 1. The van der Waals surface area contributed by atoms with Gasteiger partial charge in [0.25, 0.3) is 5.91 Å². The first-order valence-electron chi connectivity index (χ1n) is 9.64. The number of anilines is 1. The van der Waals surface area contributed by atoms with Crippen LogP contribution in [-0.4, -0.2) is 34.0 Å². The number of carbonyl (C=O) groups excluding carboxylic acids is 1. The van der Waals surface area contributed by atoms with Gasteiger partial charge >= 0.3 is 5.97 Å². The summed E-state index contributed by atoms with van der Waals surface area (Å²) in [5, 5.41) is 9.14. The zero-order valence-electron chi connectivity index (χ0n) is 17.1. The second-order valence-electron chi connectivity index (χ2n) is 6.61. The van der Waals surface area contributed by atoms with E-state index in [1.165, 1.54) is 23.1 Å². The Morgan fingerprint density at radius 2 is 2.03 bits per heavy atom. The van der Waals surface area contributed by atoms with Gasteiger partial charge in [-0.3, -0.25) is 9.69 Å². The number of halogens is 2. The fraction of sp³-hybridized carbons (Fsp3) is 0.227. The third-order valence-corrected chi connectivity index (χ3v) is 6.03. The average molecular weight is 496 g/mol. The standard InChI is InChI=1S/C22H19ClFNO5S2/c1-3-16(21(27)28)30-17-8-5-12(9-18(17)29-4-2)10-19-20(26)25(22(31)32-19)13-6-7-15(24)14(23)11-13/h5-11,16H,3-4H2,1-2H3,(H,27,28)/b19-10+. The highest BCUT2D eigenvalue weighted by Gasteiger charge is 2.33. The third-order valence-electron chi connectivity index (χ3n) is 4.44. The van der Waals surface area contributed by atoms with E-state index < -0.39 is 17.9 Å². The molecule has 3 rings (SSSR count). The molecular weight excluding hydrogens is 477 g/mol. The van der Waals surface area contributed by atoms with Gasteiger partial charge < -0.3 is 14.6 Å². The first-order valence-corrected chi connectivity index (χ1v) is 11.2. The van der Waals surface area contributed by atoms with Gasteiger partial charge in [-0.2, -0.15) is 0 Å². The Kier molecular flexibility index (Phi) is 7.76. The van der Waals surface area contributed by atoms with Crippen molar-refractivity contribution in [2.24, 2.45) is 0 Å². The summed E-state index contributed by atoms with van der Waals surface area (Å²) in [7, 11) is 0. The van der Waals surface area contributed by atoms with Gasteiger partial charge in [-0.25, -0.2) is 9.18 Å². The minimum absolute atomic E-state index is 0.107. The summed E-state index contributed by atoms with van der Waals surface area (Å²) in [6, 6.07) is 8.90. The Balaban J connectivity index is 1.89. The van der Waals surface area contributed by atoms with Gasteiger partial charge in [0, 0.05) is 0 Å². The quantitative estimate of drug-likeness (QED) is 0.381. The maximum absolute atomic E-state index is 13.5. The molecule has 1 saturated heterocycles. The van der Waals surface area contributed by atoms with Crippen LogP contribution in [0.2, 0.25) is 5.02 Å². The molecule has 1 aliphatic heterocycles. The zero-order chi connectivity index (χ0) is 23.4. The van der Waals surface area contributed by atoms with E-state index in [4.69, 9.17) is 33.3 Å². The fourth-order valence-electron chi connectivity index (χ4n) is 2.91. The van der Waals surface area contributed by atoms with Crippen LogP contribution < -0.4 is 14.4 Å². The van der Waals surface area contributed by atoms with Crippen molar-refractivity contribution in [3.05, 3.63) is 57.7 Å². The lowest BCUT2D eigenvalue weighted by molar-refractivity contribution is -0.145. The molecule has 2 aromatic carbocycles. The van der Waals surface area contributed by atoms with Crippen molar-refractivity contribution in [3.8, 4) is 11.5 Å². The molecule has 1 atom stereocenters. The first-order chi connectivity index (χ1) is 15.2. The number of carboxylic acids is 1. The zero-order valence-corrected chi connectivity index (χ0v) is 19.5. The molecule has 168 valence electrons. The van der Waals surface area contributed by atoms with E-state index in [-0.39, 0.29) is 10.9 Å². The normalized spacial score (nSPS) is 15.9. The molecule has 0 saturated carbocycles. The predicted molar refractivity (Wildman–Crippen MR) is 127 cm³/mol. The molecule has 6 nitrogen and oxygen atoms in total. The van der Waals surface area contributed by atoms with Crippen molar-refractivity contribution in [2.75, 3.05) is 11.5 Å². The number of benzene rings is 2. The predicted octanol–water partition coefficient (Wildman–Crippen LogP) is 5.53. The molecule has 0 aromatic heterocycles. The number of nitrogens with zero attached hydrogens (tertiary/aromatic N) is 1. The summed E-state index contributed by atoms with van der Waals surface area (Å²) in [5.41, 5.74) is 1.02. The number of ether oxygens (including phenoxy) is 2. The number of thiocarbonyl (C=S) groups is 1. The van der Waals surface area contributed by atoms with Crippen LogP contribution in [0.5, 0.6) is 11.5 Å². The van der Waals surface area contributed by atoms with Crippen molar-refractivity contribution in [3.63, 3.8) is 0 Å². The smallest absolute Gasteiger partial charge is 0.344 e. The monoisotopic (exact) mass is 495 g/mol. The Bertz CT molecular complexity index is 1110. The fourth-order valence-corrected chi connectivity index (χ4v) is 4.38. The summed E-state index contributed by atoms with van der Waals surface area (Å²) < 4.78 is 25.0. The summed E-state index contributed by atoms with van der Waals surface area (Å²) in [6.45, 7) is 3.85. The summed E-state index contributed by atoms with van der Waals surface area (Å²) in [6.07, 6.45) is 0.933. The van der Waals surface area contributed by atoms with E-state index in [0.717, 1.165) is 11.8 Å². The maximum Gasteiger partial charge on any atom is 0.344 e. The van der Waals surface area contributed by atoms with Gasteiger partial charge in [0.1, 0.15) is 5.82 Å². The van der Waals surface area contributed by atoms with Crippen LogP contribution in [0.3, 0.4) is 0 Å². The number of carboxylic acid groups (broad SMARTS) is 1. The highest BCUT2D eigenvalue weighted by molar-refractivity contribution is 8.27. The van der Waals surface area contributed by atoms with Crippen molar-refractivity contribution in [2.45, 2.75) is 26.4 Å². The van der Waals surface area contributed by atoms with Crippen LogP contribution in [-0.2, 0) is 9.59 Å². The molecule has 10 heteroatoms. The second kappa shape index (κ2) is 10.3. The lowest BCUT2D eigenvalue weighted by atomic mass is 10.1. The number of rotatable bonds is 8. The third kappa shape index (κ3) is 5.23. The van der Waals surface area contributed by atoms with E-state index in [0.29, 0.717) is 45.0 Å².